The number of hydrazine groups is 1. The molecular formula is C17H17N5O3. The van der Waals surface area contributed by atoms with Gasteiger partial charge in [0.15, 0.2) is 0 Å². The fourth-order valence-corrected chi connectivity index (χ4v) is 2.82. The van der Waals surface area contributed by atoms with Crippen molar-refractivity contribution in [3.63, 3.8) is 0 Å². The van der Waals surface area contributed by atoms with Gasteiger partial charge in [-0.1, -0.05) is 5.16 Å². The van der Waals surface area contributed by atoms with Crippen molar-refractivity contribution in [3.8, 4) is 0 Å². The van der Waals surface area contributed by atoms with Gasteiger partial charge in [-0.2, -0.15) is 0 Å². The molecule has 0 atom stereocenters. The lowest BCUT2D eigenvalue weighted by molar-refractivity contribution is 0.0843. The lowest BCUT2D eigenvalue weighted by atomic mass is 10.1. The van der Waals surface area contributed by atoms with Crippen molar-refractivity contribution in [2.75, 3.05) is 0 Å². The Hall–Kier alpha value is -3.16. The van der Waals surface area contributed by atoms with E-state index in [2.05, 4.69) is 21.0 Å². The standard InChI is InChI=1S/C17H17N5O3/c1-9-14-11(8-12(10-5-6-10)18-17(14)25-21-9)15(23)19-20-16(24)13-4-3-7-22(13)2/h3-4,7-8,10H,5-6H2,1-2H3,(H,19,23)(H,20,24). The van der Waals surface area contributed by atoms with E-state index < -0.39 is 11.8 Å². The van der Waals surface area contributed by atoms with Crippen LogP contribution in [0.5, 0.6) is 0 Å². The van der Waals surface area contributed by atoms with Crippen molar-refractivity contribution >= 4 is 22.9 Å². The summed E-state index contributed by atoms with van der Waals surface area (Å²) in [5.74, 6) is -0.460. The summed E-state index contributed by atoms with van der Waals surface area (Å²) in [4.78, 5) is 29.2. The molecule has 3 aromatic rings. The van der Waals surface area contributed by atoms with E-state index in [9.17, 15) is 9.59 Å². The Morgan fingerprint density at radius 2 is 2.04 bits per heavy atom. The highest BCUT2D eigenvalue weighted by Crippen LogP contribution is 2.40. The molecule has 1 fully saturated rings. The zero-order chi connectivity index (χ0) is 17.6. The fraction of sp³-hybridized carbons (Fsp3) is 0.294. The topological polar surface area (TPSA) is 102 Å². The van der Waals surface area contributed by atoms with Crippen LogP contribution in [0.15, 0.2) is 28.9 Å². The van der Waals surface area contributed by atoms with E-state index in [-0.39, 0.29) is 0 Å². The number of fused-ring (bicyclic) bond motifs is 1. The Kier molecular flexibility index (Phi) is 3.52. The minimum Gasteiger partial charge on any atom is -0.347 e. The van der Waals surface area contributed by atoms with Gasteiger partial charge in [0.05, 0.1) is 16.6 Å². The molecule has 0 radical (unpaired) electrons. The maximum absolute atomic E-state index is 12.6. The molecule has 4 rings (SSSR count). The molecule has 2 N–H and O–H groups in total. The molecule has 1 aliphatic rings. The number of aromatic nitrogens is 3. The molecular weight excluding hydrogens is 322 g/mol. The summed E-state index contributed by atoms with van der Waals surface area (Å²) in [6.45, 7) is 1.75. The van der Waals surface area contributed by atoms with Gasteiger partial charge in [0.1, 0.15) is 5.69 Å². The van der Waals surface area contributed by atoms with E-state index in [0.29, 0.717) is 34.0 Å². The summed E-state index contributed by atoms with van der Waals surface area (Å²) >= 11 is 0. The molecule has 128 valence electrons. The van der Waals surface area contributed by atoms with Crippen molar-refractivity contribution in [3.05, 3.63) is 47.0 Å². The maximum Gasteiger partial charge on any atom is 0.286 e. The molecule has 0 aliphatic heterocycles. The van der Waals surface area contributed by atoms with Crippen LogP contribution >= 0.6 is 0 Å². The van der Waals surface area contributed by atoms with Crippen LogP contribution in [-0.2, 0) is 7.05 Å². The second-order valence-electron chi connectivity index (χ2n) is 6.23. The number of carbonyl (C=O) groups is 2. The van der Waals surface area contributed by atoms with Crippen molar-refractivity contribution in [2.24, 2.45) is 7.05 Å². The molecule has 8 nitrogen and oxygen atoms in total. The number of hydrogen-bond acceptors (Lipinski definition) is 5. The molecule has 1 aliphatic carbocycles. The van der Waals surface area contributed by atoms with Gasteiger partial charge in [-0.25, -0.2) is 4.98 Å². The first-order valence-electron chi connectivity index (χ1n) is 8.03. The van der Waals surface area contributed by atoms with Gasteiger partial charge in [0.2, 0.25) is 0 Å². The molecule has 0 bridgehead atoms. The number of pyridine rings is 1. The lowest BCUT2D eigenvalue weighted by Crippen LogP contribution is -2.42. The minimum atomic E-state index is -0.428. The Morgan fingerprint density at radius 3 is 2.72 bits per heavy atom. The Balaban J connectivity index is 1.60. The smallest absolute Gasteiger partial charge is 0.286 e. The zero-order valence-electron chi connectivity index (χ0n) is 13.9. The van der Waals surface area contributed by atoms with E-state index in [1.54, 1.807) is 42.9 Å². The molecule has 25 heavy (non-hydrogen) atoms. The Bertz CT molecular complexity index is 983. The number of nitrogens with zero attached hydrogens (tertiary/aromatic N) is 3. The number of amides is 2. The van der Waals surface area contributed by atoms with Crippen molar-refractivity contribution in [1.29, 1.82) is 0 Å². The van der Waals surface area contributed by atoms with Crippen molar-refractivity contribution < 1.29 is 14.1 Å². The Labute approximate surface area is 143 Å². The van der Waals surface area contributed by atoms with Crippen LogP contribution in [0.25, 0.3) is 11.1 Å². The number of nitrogens with one attached hydrogen (secondary N) is 2. The second-order valence-corrected chi connectivity index (χ2v) is 6.23. The van der Waals surface area contributed by atoms with Crippen LogP contribution in [-0.4, -0.2) is 26.5 Å². The van der Waals surface area contributed by atoms with E-state index in [4.69, 9.17) is 4.52 Å². The van der Waals surface area contributed by atoms with Crippen LogP contribution in [0.3, 0.4) is 0 Å². The molecule has 0 saturated heterocycles. The zero-order valence-corrected chi connectivity index (χ0v) is 13.9. The van der Waals surface area contributed by atoms with Gasteiger partial charge < -0.3 is 9.09 Å². The molecule has 0 aromatic carbocycles. The molecule has 2 amide bonds. The highest BCUT2D eigenvalue weighted by atomic mass is 16.5. The average Bonchev–Trinajstić information content (AvgIpc) is 3.27. The first-order chi connectivity index (χ1) is 12.0. The summed E-state index contributed by atoms with van der Waals surface area (Å²) in [5.41, 5.74) is 7.50. The van der Waals surface area contributed by atoms with Gasteiger partial charge >= 0.3 is 0 Å². The fourth-order valence-electron chi connectivity index (χ4n) is 2.82. The van der Waals surface area contributed by atoms with Crippen LogP contribution in [0.2, 0.25) is 0 Å². The van der Waals surface area contributed by atoms with Gasteiger partial charge in [-0.05, 0) is 38.0 Å². The Morgan fingerprint density at radius 1 is 1.28 bits per heavy atom. The first-order valence-corrected chi connectivity index (χ1v) is 8.03. The molecule has 0 spiro atoms. The van der Waals surface area contributed by atoms with E-state index in [0.717, 1.165) is 18.5 Å². The quantitative estimate of drug-likeness (QED) is 0.709. The summed E-state index contributed by atoms with van der Waals surface area (Å²) < 4.78 is 6.89. The van der Waals surface area contributed by atoms with E-state index >= 15 is 0 Å². The number of hydrogen-bond donors (Lipinski definition) is 2. The van der Waals surface area contributed by atoms with Crippen molar-refractivity contribution in [1.82, 2.24) is 25.6 Å². The van der Waals surface area contributed by atoms with Gasteiger partial charge in [0.25, 0.3) is 17.5 Å². The van der Waals surface area contributed by atoms with E-state index in [1.165, 1.54) is 0 Å². The molecule has 3 heterocycles. The summed E-state index contributed by atoms with van der Waals surface area (Å²) in [7, 11) is 1.76. The van der Waals surface area contributed by atoms with Crippen LogP contribution in [0, 0.1) is 6.92 Å². The van der Waals surface area contributed by atoms with E-state index in [1.807, 2.05) is 0 Å². The minimum absolute atomic E-state index is 0.348. The average molecular weight is 339 g/mol. The number of carbonyl (C=O) groups excluding carboxylic acids is 2. The third-order valence-electron chi connectivity index (χ3n) is 4.34. The monoisotopic (exact) mass is 339 g/mol. The highest BCUT2D eigenvalue weighted by Gasteiger charge is 2.28. The largest absolute Gasteiger partial charge is 0.347 e. The normalized spacial score (nSPS) is 13.8. The first kappa shape index (κ1) is 15.4. The third kappa shape index (κ3) is 2.75. The molecule has 8 heteroatoms. The lowest BCUT2D eigenvalue weighted by Gasteiger charge is -2.09. The number of aryl methyl sites for hydroxylation is 2. The van der Waals surface area contributed by atoms with Gasteiger partial charge in [0, 0.05) is 24.9 Å². The number of rotatable bonds is 3. The predicted octanol–water partition coefficient (Wildman–Crippen LogP) is 1.82. The molecule has 3 aromatic heterocycles. The van der Waals surface area contributed by atoms with Crippen LogP contribution < -0.4 is 10.9 Å². The van der Waals surface area contributed by atoms with Crippen LogP contribution in [0.4, 0.5) is 0 Å². The summed E-state index contributed by atoms with van der Waals surface area (Å²) in [6.07, 6.45) is 3.86. The highest BCUT2D eigenvalue weighted by molar-refractivity contribution is 6.07. The molecule has 1 saturated carbocycles. The SMILES string of the molecule is Cc1noc2nc(C3CC3)cc(C(=O)NNC(=O)c3cccn3C)c12. The van der Waals surface area contributed by atoms with Gasteiger partial charge in [-0.15, -0.1) is 0 Å². The van der Waals surface area contributed by atoms with Crippen molar-refractivity contribution in [2.45, 2.75) is 25.7 Å². The summed E-state index contributed by atoms with van der Waals surface area (Å²) in [5, 5.41) is 4.46. The van der Waals surface area contributed by atoms with Crippen LogP contribution in [0.1, 0.15) is 51.0 Å². The molecule has 0 unspecified atom stereocenters. The summed E-state index contributed by atoms with van der Waals surface area (Å²) in [6, 6.07) is 5.18. The third-order valence-corrected chi connectivity index (χ3v) is 4.34. The van der Waals surface area contributed by atoms with Gasteiger partial charge in [-0.3, -0.25) is 20.4 Å². The second kappa shape index (κ2) is 5.73. The predicted molar refractivity (Wildman–Crippen MR) is 88.9 cm³/mol. The maximum atomic E-state index is 12.6.